The molecule has 1 amide bonds. The standard InChI is InChI=1S/C17H25N3O/c1-14(20-11-3-2-4-12-20)13-19-17(21)10-7-15-5-8-16(18)9-6-15/h5-10,14H,2-4,11-13,18H2,1H3,(H,19,21)/b10-7+. The number of anilines is 1. The van der Waals surface area contributed by atoms with E-state index in [2.05, 4.69) is 17.1 Å². The molecule has 4 heteroatoms. The Morgan fingerprint density at radius 1 is 1.29 bits per heavy atom. The Bertz CT molecular complexity index is 475. The van der Waals surface area contributed by atoms with Crippen LogP contribution >= 0.6 is 0 Å². The van der Waals surface area contributed by atoms with E-state index in [9.17, 15) is 4.79 Å². The molecule has 1 heterocycles. The van der Waals surface area contributed by atoms with Crippen molar-refractivity contribution in [3.8, 4) is 0 Å². The number of benzene rings is 1. The van der Waals surface area contributed by atoms with Crippen molar-refractivity contribution in [2.24, 2.45) is 0 Å². The Kier molecular flexibility index (Phi) is 5.81. The second-order valence-electron chi connectivity index (χ2n) is 5.69. The third-order valence-electron chi connectivity index (χ3n) is 3.95. The van der Waals surface area contributed by atoms with Gasteiger partial charge >= 0.3 is 0 Å². The minimum atomic E-state index is -0.0457. The number of nitrogens with two attached hydrogens (primary N) is 1. The number of likely N-dealkylation sites (tertiary alicyclic amines) is 1. The Morgan fingerprint density at radius 2 is 1.95 bits per heavy atom. The lowest BCUT2D eigenvalue weighted by Crippen LogP contribution is -2.44. The third kappa shape index (κ3) is 5.23. The highest BCUT2D eigenvalue weighted by atomic mass is 16.1. The van der Waals surface area contributed by atoms with Crippen molar-refractivity contribution >= 4 is 17.7 Å². The summed E-state index contributed by atoms with van der Waals surface area (Å²) in [5, 5.41) is 2.97. The van der Waals surface area contributed by atoms with Crippen LogP contribution in [0.3, 0.4) is 0 Å². The molecule has 1 aliphatic heterocycles. The van der Waals surface area contributed by atoms with E-state index < -0.39 is 0 Å². The molecule has 0 aromatic heterocycles. The summed E-state index contributed by atoms with van der Waals surface area (Å²) in [4.78, 5) is 14.3. The molecule has 0 saturated carbocycles. The highest BCUT2D eigenvalue weighted by molar-refractivity contribution is 5.91. The largest absolute Gasteiger partial charge is 0.399 e. The Balaban J connectivity index is 1.75. The van der Waals surface area contributed by atoms with E-state index in [1.807, 2.05) is 24.3 Å². The average molecular weight is 287 g/mol. The van der Waals surface area contributed by atoms with E-state index in [-0.39, 0.29) is 5.91 Å². The highest BCUT2D eigenvalue weighted by Gasteiger charge is 2.16. The van der Waals surface area contributed by atoms with Gasteiger partial charge in [0.15, 0.2) is 0 Å². The molecule has 0 radical (unpaired) electrons. The number of nitrogens with one attached hydrogen (secondary N) is 1. The van der Waals surface area contributed by atoms with Gasteiger partial charge < -0.3 is 11.1 Å². The first-order valence-corrected chi connectivity index (χ1v) is 7.70. The predicted molar refractivity (Wildman–Crippen MR) is 87.8 cm³/mol. The summed E-state index contributed by atoms with van der Waals surface area (Å²) in [6.45, 7) is 5.18. The topological polar surface area (TPSA) is 58.4 Å². The van der Waals surface area contributed by atoms with Crippen LogP contribution in [0.25, 0.3) is 6.08 Å². The number of hydrogen-bond donors (Lipinski definition) is 2. The lowest BCUT2D eigenvalue weighted by atomic mass is 10.1. The molecule has 1 aromatic carbocycles. The van der Waals surface area contributed by atoms with Crippen molar-refractivity contribution in [1.82, 2.24) is 10.2 Å². The minimum absolute atomic E-state index is 0.0457. The van der Waals surface area contributed by atoms with Crippen LogP contribution in [0.1, 0.15) is 31.7 Å². The van der Waals surface area contributed by atoms with E-state index >= 15 is 0 Å². The Morgan fingerprint density at radius 3 is 2.62 bits per heavy atom. The monoisotopic (exact) mass is 287 g/mol. The van der Waals surface area contributed by atoms with E-state index in [4.69, 9.17) is 5.73 Å². The quantitative estimate of drug-likeness (QED) is 0.645. The summed E-state index contributed by atoms with van der Waals surface area (Å²) < 4.78 is 0. The summed E-state index contributed by atoms with van der Waals surface area (Å²) >= 11 is 0. The number of carbonyl (C=O) groups excluding carboxylic acids is 1. The Hall–Kier alpha value is -1.81. The lowest BCUT2D eigenvalue weighted by Gasteiger charge is -2.32. The molecular weight excluding hydrogens is 262 g/mol. The molecule has 0 spiro atoms. The first kappa shape index (κ1) is 15.6. The van der Waals surface area contributed by atoms with Crippen molar-refractivity contribution in [3.63, 3.8) is 0 Å². The molecule has 1 aliphatic rings. The van der Waals surface area contributed by atoms with Gasteiger partial charge in [-0.05, 0) is 56.6 Å². The van der Waals surface area contributed by atoms with Crippen LogP contribution < -0.4 is 11.1 Å². The molecule has 1 unspecified atom stereocenters. The van der Waals surface area contributed by atoms with Gasteiger partial charge in [-0.1, -0.05) is 18.6 Å². The molecule has 0 bridgehead atoms. The van der Waals surface area contributed by atoms with Gasteiger partial charge in [0, 0.05) is 24.4 Å². The van der Waals surface area contributed by atoms with Crippen LogP contribution in [0.2, 0.25) is 0 Å². The number of piperidine rings is 1. The SMILES string of the molecule is CC(CNC(=O)/C=C/c1ccc(N)cc1)N1CCCCC1. The van der Waals surface area contributed by atoms with Crippen molar-refractivity contribution in [2.75, 3.05) is 25.4 Å². The summed E-state index contributed by atoms with van der Waals surface area (Å²) in [7, 11) is 0. The van der Waals surface area contributed by atoms with Crippen LogP contribution in [0, 0.1) is 0 Å². The summed E-state index contributed by atoms with van der Waals surface area (Å²) in [5.74, 6) is -0.0457. The molecule has 1 saturated heterocycles. The fourth-order valence-electron chi connectivity index (χ4n) is 2.57. The van der Waals surface area contributed by atoms with Gasteiger partial charge in [0.2, 0.25) is 5.91 Å². The van der Waals surface area contributed by atoms with E-state index in [0.29, 0.717) is 12.6 Å². The zero-order chi connectivity index (χ0) is 15.1. The van der Waals surface area contributed by atoms with Crippen molar-refractivity contribution in [1.29, 1.82) is 0 Å². The van der Waals surface area contributed by atoms with Crippen LogP contribution in [-0.2, 0) is 4.79 Å². The maximum absolute atomic E-state index is 11.8. The van der Waals surface area contributed by atoms with Gasteiger partial charge in [-0.15, -0.1) is 0 Å². The molecule has 1 fully saturated rings. The first-order chi connectivity index (χ1) is 10.1. The number of nitrogens with zero attached hydrogens (tertiary/aromatic N) is 1. The molecule has 0 aliphatic carbocycles. The molecule has 4 nitrogen and oxygen atoms in total. The average Bonchev–Trinajstić information content (AvgIpc) is 2.53. The van der Waals surface area contributed by atoms with Gasteiger partial charge in [-0.3, -0.25) is 9.69 Å². The number of hydrogen-bond acceptors (Lipinski definition) is 3. The maximum atomic E-state index is 11.8. The third-order valence-corrected chi connectivity index (χ3v) is 3.95. The van der Waals surface area contributed by atoms with Gasteiger partial charge in [0.1, 0.15) is 0 Å². The van der Waals surface area contributed by atoms with Crippen molar-refractivity contribution in [3.05, 3.63) is 35.9 Å². The second kappa shape index (κ2) is 7.84. The van der Waals surface area contributed by atoms with Gasteiger partial charge in [-0.2, -0.15) is 0 Å². The maximum Gasteiger partial charge on any atom is 0.244 e. The molecule has 1 atom stereocenters. The van der Waals surface area contributed by atoms with Crippen molar-refractivity contribution in [2.45, 2.75) is 32.2 Å². The van der Waals surface area contributed by atoms with E-state index in [1.165, 1.54) is 19.3 Å². The fraction of sp³-hybridized carbons (Fsp3) is 0.471. The molecule has 3 N–H and O–H groups in total. The minimum Gasteiger partial charge on any atom is -0.399 e. The number of rotatable bonds is 5. The molecular formula is C17H25N3O. The van der Waals surface area contributed by atoms with Crippen LogP contribution in [0.5, 0.6) is 0 Å². The summed E-state index contributed by atoms with van der Waals surface area (Å²) in [6, 6.07) is 7.86. The van der Waals surface area contributed by atoms with Crippen LogP contribution in [0.15, 0.2) is 30.3 Å². The highest BCUT2D eigenvalue weighted by Crippen LogP contribution is 2.11. The zero-order valence-corrected chi connectivity index (χ0v) is 12.7. The fourth-order valence-corrected chi connectivity index (χ4v) is 2.57. The molecule has 1 aromatic rings. The van der Waals surface area contributed by atoms with Gasteiger partial charge in [-0.25, -0.2) is 0 Å². The second-order valence-corrected chi connectivity index (χ2v) is 5.69. The zero-order valence-electron chi connectivity index (χ0n) is 12.7. The summed E-state index contributed by atoms with van der Waals surface area (Å²) in [5.41, 5.74) is 7.33. The van der Waals surface area contributed by atoms with Crippen LogP contribution in [0.4, 0.5) is 5.69 Å². The van der Waals surface area contributed by atoms with Gasteiger partial charge in [0.05, 0.1) is 0 Å². The van der Waals surface area contributed by atoms with Crippen LogP contribution in [-0.4, -0.2) is 36.5 Å². The number of nitrogen functional groups attached to an aromatic ring is 1. The molecule has 114 valence electrons. The predicted octanol–water partition coefficient (Wildman–Crippen LogP) is 2.27. The number of amides is 1. The van der Waals surface area contributed by atoms with E-state index in [0.717, 1.165) is 24.3 Å². The smallest absolute Gasteiger partial charge is 0.244 e. The molecule has 2 rings (SSSR count). The lowest BCUT2D eigenvalue weighted by molar-refractivity contribution is -0.116. The van der Waals surface area contributed by atoms with E-state index in [1.54, 1.807) is 12.2 Å². The normalized spacial score (nSPS) is 17.8. The van der Waals surface area contributed by atoms with Crippen molar-refractivity contribution < 1.29 is 4.79 Å². The number of carbonyl (C=O) groups is 1. The molecule has 21 heavy (non-hydrogen) atoms. The Labute approximate surface area is 127 Å². The van der Waals surface area contributed by atoms with Gasteiger partial charge in [0.25, 0.3) is 0 Å². The summed E-state index contributed by atoms with van der Waals surface area (Å²) in [6.07, 6.45) is 7.26. The first-order valence-electron chi connectivity index (χ1n) is 7.70.